The van der Waals surface area contributed by atoms with Gasteiger partial charge in [0.2, 0.25) is 0 Å². The standard InChI is InChI=1S/C20H26N2O4/c1-26-18-3-2-16(22(24)25)9-17(18)19(23)21-5-4-20-10-13-6-14(11-20)8-15(7-13)12-20/h2-3,9,13-15H,4-8,10-12H2,1H3,(H,21,23). The van der Waals surface area contributed by atoms with E-state index in [1.807, 2.05) is 0 Å². The number of carbonyl (C=O) groups excluding carboxylic acids is 1. The minimum Gasteiger partial charge on any atom is -0.496 e. The van der Waals surface area contributed by atoms with E-state index in [1.165, 1.54) is 63.8 Å². The Bertz CT molecular complexity index is 695. The minimum atomic E-state index is -0.494. The number of rotatable bonds is 6. The van der Waals surface area contributed by atoms with Crippen molar-refractivity contribution in [2.45, 2.75) is 44.9 Å². The highest BCUT2D eigenvalue weighted by Gasteiger charge is 2.50. The van der Waals surface area contributed by atoms with Gasteiger partial charge < -0.3 is 10.1 Å². The normalized spacial score (nSPS) is 31.7. The molecule has 1 aromatic carbocycles. The number of hydrogen-bond acceptors (Lipinski definition) is 4. The van der Waals surface area contributed by atoms with Gasteiger partial charge in [-0.3, -0.25) is 14.9 Å². The van der Waals surface area contributed by atoms with E-state index >= 15 is 0 Å². The average molecular weight is 358 g/mol. The molecule has 140 valence electrons. The summed E-state index contributed by atoms with van der Waals surface area (Å²) in [5.74, 6) is 2.76. The highest BCUT2D eigenvalue weighted by atomic mass is 16.6. The van der Waals surface area contributed by atoms with Crippen LogP contribution in [0.3, 0.4) is 0 Å². The van der Waals surface area contributed by atoms with Crippen LogP contribution in [0, 0.1) is 33.3 Å². The number of carbonyl (C=O) groups is 1. The van der Waals surface area contributed by atoms with Gasteiger partial charge in [-0.05, 0) is 74.2 Å². The van der Waals surface area contributed by atoms with E-state index in [4.69, 9.17) is 4.74 Å². The lowest BCUT2D eigenvalue weighted by Crippen LogP contribution is -2.47. The molecular formula is C20H26N2O4. The molecule has 0 spiro atoms. The number of nitrogens with one attached hydrogen (secondary N) is 1. The maximum Gasteiger partial charge on any atom is 0.270 e. The smallest absolute Gasteiger partial charge is 0.270 e. The minimum absolute atomic E-state index is 0.1000. The van der Waals surface area contributed by atoms with E-state index in [1.54, 1.807) is 0 Å². The van der Waals surface area contributed by atoms with Crippen LogP contribution in [0.15, 0.2) is 18.2 Å². The molecule has 4 fully saturated rings. The van der Waals surface area contributed by atoms with Gasteiger partial charge >= 0.3 is 0 Å². The van der Waals surface area contributed by atoms with Crippen LogP contribution in [-0.4, -0.2) is 24.5 Å². The van der Waals surface area contributed by atoms with Gasteiger partial charge in [0.15, 0.2) is 0 Å². The van der Waals surface area contributed by atoms with E-state index in [2.05, 4.69) is 5.32 Å². The highest BCUT2D eigenvalue weighted by molar-refractivity contribution is 5.97. The monoisotopic (exact) mass is 358 g/mol. The van der Waals surface area contributed by atoms with Gasteiger partial charge in [-0.2, -0.15) is 0 Å². The molecule has 4 bridgehead atoms. The molecule has 4 aliphatic rings. The molecule has 0 aliphatic heterocycles. The first-order chi connectivity index (χ1) is 12.5. The van der Waals surface area contributed by atoms with Crippen molar-refractivity contribution < 1.29 is 14.5 Å². The number of ether oxygens (including phenoxy) is 1. The van der Waals surface area contributed by atoms with Crippen LogP contribution in [0.1, 0.15) is 55.3 Å². The van der Waals surface area contributed by atoms with Crippen LogP contribution in [0.25, 0.3) is 0 Å². The summed E-state index contributed by atoms with van der Waals surface area (Å²) >= 11 is 0. The Morgan fingerprint density at radius 3 is 2.38 bits per heavy atom. The second-order valence-electron chi connectivity index (χ2n) is 8.57. The number of amides is 1. The predicted molar refractivity (Wildman–Crippen MR) is 97.2 cm³/mol. The number of nitro benzene ring substituents is 1. The lowest BCUT2D eigenvalue weighted by Gasteiger charge is -2.57. The Hall–Kier alpha value is -2.11. The molecular weight excluding hydrogens is 332 g/mol. The van der Waals surface area contributed by atoms with Crippen LogP contribution in [0.2, 0.25) is 0 Å². The first-order valence-electron chi connectivity index (χ1n) is 9.59. The van der Waals surface area contributed by atoms with E-state index < -0.39 is 4.92 Å². The molecule has 5 rings (SSSR count). The van der Waals surface area contributed by atoms with Gasteiger partial charge in [0.1, 0.15) is 5.75 Å². The summed E-state index contributed by atoms with van der Waals surface area (Å²) in [5.41, 5.74) is 0.540. The third kappa shape index (κ3) is 3.17. The third-order valence-corrected chi connectivity index (χ3v) is 6.74. The second-order valence-corrected chi connectivity index (χ2v) is 8.57. The van der Waals surface area contributed by atoms with Crippen molar-refractivity contribution in [3.8, 4) is 5.75 Å². The van der Waals surface area contributed by atoms with Crippen LogP contribution in [0.4, 0.5) is 5.69 Å². The first kappa shape index (κ1) is 17.3. The zero-order valence-corrected chi connectivity index (χ0v) is 15.2. The lowest BCUT2D eigenvalue weighted by molar-refractivity contribution is -0.384. The van der Waals surface area contributed by atoms with Gasteiger partial charge in [0, 0.05) is 18.7 Å². The summed E-state index contributed by atoms with van der Waals surface area (Å²) in [6.45, 7) is 0.622. The van der Waals surface area contributed by atoms with Crippen LogP contribution in [0.5, 0.6) is 5.75 Å². The SMILES string of the molecule is COc1ccc([N+](=O)[O-])cc1C(=O)NCCC12CC3CC(CC(C3)C1)C2. The average Bonchev–Trinajstić information content (AvgIpc) is 2.59. The summed E-state index contributed by atoms with van der Waals surface area (Å²) in [5, 5.41) is 14.0. The van der Waals surface area contributed by atoms with Gasteiger partial charge in [0.05, 0.1) is 17.6 Å². The van der Waals surface area contributed by atoms with Crippen molar-refractivity contribution in [3.63, 3.8) is 0 Å². The molecule has 6 nitrogen and oxygen atoms in total. The molecule has 0 unspecified atom stereocenters. The third-order valence-electron chi connectivity index (χ3n) is 6.74. The molecule has 1 aromatic rings. The number of methoxy groups -OCH3 is 1. The topological polar surface area (TPSA) is 81.5 Å². The van der Waals surface area contributed by atoms with E-state index in [9.17, 15) is 14.9 Å². The molecule has 0 radical (unpaired) electrons. The Morgan fingerprint density at radius 2 is 1.85 bits per heavy atom. The van der Waals surface area contributed by atoms with Crippen LogP contribution in [-0.2, 0) is 0 Å². The molecule has 0 heterocycles. The van der Waals surface area contributed by atoms with Gasteiger partial charge in [-0.15, -0.1) is 0 Å². The van der Waals surface area contributed by atoms with Crippen LogP contribution >= 0.6 is 0 Å². The highest BCUT2D eigenvalue weighted by Crippen LogP contribution is 2.61. The quantitative estimate of drug-likeness (QED) is 0.617. The zero-order chi connectivity index (χ0) is 18.3. The maximum absolute atomic E-state index is 12.6. The number of non-ortho nitro benzene ring substituents is 1. The molecule has 26 heavy (non-hydrogen) atoms. The van der Waals surface area contributed by atoms with Crippen molar-refractivity contribution in [3.05, 3.63) is 33.9 Å². The summed E-state index contributed by atoms with van der Waals surface area (Å²) in [6.07, 6.45) is 9.20. The Labute approximate surface area is 153 Å². The van der Waals surface area contributed by atoms with Crippen molar-refractivity contribution >= 4 is 11.6 Å². The van der Waals surface area contributed by atoms with E-state index in [-0.39, 0.29) is 17.2 Å². The van der Waals surface area contributed by atoms with Crippen molar-refractivity contribution in [1.82, 2.24) is 5.32 Å². The number of nitrogens with zero attached hydrogens (tertiary/aromatic N) is 1. The van der Waals surface area contributed by atoms with Crippen molar-refractivity contribution in [2.75, 3.05) is 13.7 Å². The summed E-state index contributed by atoms with van der Waals surface area (Å²) in [6, 6.07) is 4.12. The fourth-order valence-corrected chi connectivity index (χ4v) is 6.12. The molecule has 0 atom stereocenters. The summed E-state index contributed by atoms with van der Waals surface area (Å²) < 4.78 is 5.20. The summed E-state index contributed by atoms with van der Waals surface area (Å²) in [7, 11) is 1.47. The fraction of sp³-hybridized carbons (Fsp3) is 0.650. The second kappa shape index (κ2) is 6.56. The number of hydrogen-bond donors (Lipinski definition) is 1. The van der Waals surface area contributed by atoms with E-state index in [0.29, 0.717) is 17.7 Å². The first-order valence-corrected chi connectivity index (χ1v) is 9.59. The molecule has 6 heteroatoms. The van der Waals surface area contributed by atoms with Gasteiger partial charge in [-0.1, -0.05) is 0 Å². The van der Waals surface area contributed by atoms with Gasteiger partial charge in [-0.25, -0.2) is 0 Å². The molecule has 4 saturated carbocycles. The Kier molecular flexibility index (Phi) is 4.37. The fourth-order valence-electron chi connectivity index (χ4n) is 6.12. The predicted octanol–water partition coefficient (Wildman–Crippen LogP) is 3.94. The van der Waals surface area contributed by atoms with Crippen LogP contribution < -0.4 is 10.1 Å². The largest absolute Gasteiger partial charge is 0.496 e. The van der Waals surface area contributed by atoms with Crippen molar-refractivity contribution in [2.24, 2.45) is 23.2 Å². The maximum atomic E-state index is 12.6. The van der Waals surface area contributed by atoms with Crippen molar-refractivity contribution in [1.29, 1.82) is 0 Å². The Morgan fingerprint density at radius 1 is 1.23 bits per heavy atom. The molecule has 0 saturated heterocycles. The lowest BCUT2D eigenvalue weighted by atomic mass is 9.49. The Balaban J connectivity index is 1.40. The molecule has 0 aromatic heterocycles. The zero-order valence-electron chi connectivity index (χ0n) is 15.2. The summed E-state index contributed by atoms with van der Waals surface area (Å²) in [4.78, 5) is 23.1. The van der Waals surface area contributed by atoms with E-state index in [0.717, 1.165) is 24.2 Å². The molecule has 4 aliphatic carbocycles. The number of nitro groups is 1. The molecule has 1 amide bonds. The van der Waals surface area contributed by atoms with Gasteiger partial charge in [0.25, 0.3) is 11.6 Å². The molecule has 1 N–H and O–H groups in total. The number of benzene rings is 1.